The number of methoxy groups -OCH3 is 1. The number of hydrogen-bond acceptors (Lipinski definition) is 5. The number of rotatable bonds is 6. The van der Waals surface area contributed by atoms with E-state index in [1.807, 2.05) is 18.2 Å². The lowest BCUT2D eigenvalue weighted by Gasteiger charge is -2.36. The smallest absolute Gasteiger partial charge is 0.231 e. The molecule has 0 amide bonds. The summed E-state index contributed by atoms with van der Waals surface area (Å²) in [6, 6.07) is 14.6. The standard InChI is InChI=1S/C21H26N2O3.ClH/c1-24-19-7-3-2-6-18(19)23-13-11-22(12-14-23)10-4-5-17-8-9-20-21(15-17)26-16-25-20;/h2-3,6-9,15H,4-5,10-14,16H2,1H3;1H. The van der Waals surface area contributed by atoms with Crippen molar-refractivity contribution in [2.45, 2.75) is 12.8 Å². The molecular weight excluding hydrogens is 364 g/mol. The lowest BCUT2D eigenvalue weighted by molar-refractivity contribution is 0.174. The highest BCUT2D eigenvalue weighted by molar-refractivity contribution is 5.85. The molecule has 2 aliphatic rings. The van der Waals surface area contributed by atoms with Crippen LogP contribution in [0, 0.1) is 0 Å². The molecule has 1 fully saturated rings. The third-order valence-electron chi connectivity index (χ3n) is 5.17. The third kappa shape index (κ3) is 4.60. The predicted molar refractivity (Wildman–Crippen MR) is 110 cm³/mol. The Morgan fingerprint density at radius 1 is 0.963 bits per heavy atom. The third-order valence-corrected chi connectivity index (χ3v) is 5.17. The molecule has 0 bridgehead atoms. The Balaban J connectivity index is 0.00000210. The number of benzene rings is 2. The molecule has 5 nitrogen and oxygen atoms in total. The van der Waals surface area contributed by atoms with Gasteiger partial charge >= 0.3 is 0 Å². The van der Waals surface area contributed by atoms with Gasteiger partial charge in [-0.05, 0) is 49.2 Å². The number of ether oxygens (including phenoxy) is 3. The van der Waals surface area contributed by atoms with Crippen molar-refractivity contribution in [1.82, 2.24) is 4.90 Å². The summed E-state index contributed by atoms with van der Waals surface area (Å²) < 4.78 is 16.3. The van der Waals surface area contributed by atoms with E-state index >= 15 is 0 Å². The second kappa shape index (κ2) is 9.20. The van der Waals surface area contributed by atoms with Gasteiger partial charge < -0.3 is 19.1 Å². The summed E-state index contributed by atoms with van der Waals surface area (Å²) in [5.74, 6) is 2.71. The van der Waals surface area contributed by atoms with Crippen LogP contribution in [0.15, 0.2) is 42.5 Å². The molecule has 0 radical (unpaired) electrons. The SMILES string of the molecule is COc1ccccc1N1CCN(CCCc2ccc3c(c2)OCO3)CC1.Cl. The molecule has 0 unspecified atom stereocenters. The second-order valence-corrected chi connectivity index (χ2v) is 6.79. The minimum Gasteiger partial charge on any atom is -0.495 e. The first-order valence-corrected chi connectivity index (χ1v) is 9.32. The van der Waals surface area contributed by atoms with Crippen LogP contribution in [-0.2, 0) is 6.42 Å². The Bertz CT molecular complexity index is 748. The Morgan fingerprint density at radius 3 is 2.56 bits per heavy atom. The van der Waals surface area contributed by atoms with Gasteiger partial charge in [-0.1, -0.05) is 18.2 Å². The first kappa shape index (κ1) is 19.6. The minimum atomic E-state index is 0. The maximum atomic E-state index is 5.50. The number of nitrogens with zero attached hydrogens (tertiary/aromatic N) is 2. The van der Waals surface area contributed by atoms with Crippen LogP contribution in [0.1, 0.15) is 12.0 Å². The van der Waals surface area contributed by atoms with E-state index in [4.69, 9.17) is 14.2 Å². The van der Waals surface area contributed by atoms with Gasteiger partial charge in [-0.2, -0.15) is 0 Å². The van der Waals surface area contributed by atoms with E-state index in [9.17, 15) is 0 Å². The van der Waals surface area contributed by atoms with Gasteiger partial charge in [0, 0.05) is 26.2 Å². The summed E-state index contributed by atoms with van der Waals surface area (Å²) in [5.41, 5.74) is 2.52. The summed E-state index contributed by atoms with van der Waals surface area (Å²) in [4.78, 5) is 4.98. The highest BCUT2D eigenvalue weighted by Crippen LogP contribution is 2.33. The normalized spacial score (nSPS) is 16.1. The monoisotopic (exact) mass is 390 g/mol. The number of halogens is 1. The summed E-state index contributed by atoms with van der Waals surface area (Å²) in [7, 11) is 1.74. The Morgan fingerprint density at radius 2 is 1.74 bits per heavy atom. The van der Waals surface area contributed by atoms with E-state index < -0.39 is 0 Å². The van der Waals surface area contributed by atoms with Gasteiger partial charge in [0.1, 0.15) is 5.75 Å². The van der Waals surface area contributed by atoms with Crippen molar-refractivity contribution in [3.05, 3.63) is 48.0 Å². The van der Waals surface area contributed by atoms with Crippen molar-refractivity contribution in [1.29, 1.82) is 0 Å². The summed E-state index contributed by atoms with van der Waals surface area (Å²) in [6.45, 7) is 5.76. The number of anilines is 1. The summed E-state index contributed by atoms with van der Waals surface area (Å²) >= 11 is 0. The predicted octanol–water partition coefficient (Wildman–Crippen LogP) is 3.60. The molecule has 1 saturated heterocycles. The van der Waals surface area contributed by atoms with E-state index in [1.165, 1.54) is 11.3 Å². The van der Waals surface area contributed by atoms with E-state index in [0.29, 0.717) is 6.79 Å². The molecule has 0 saturated carbocycles. The molecule has 0 spiro atoms. The van der Waals surface area contributed by atoms with Crippen LogP contribution >= 0.6 is 12.4 Å². The van der Waals surface area contributed by atoms with Crippen molar-refractivity contribution in [3.8, 4) is 17.2 Å². The van der Waals surface area contributed by atoms with E-state index in [1.54, 1.807) is 7.11 Å². The lowest BCUT2D eigenvalue weighted by Crippen LogP contribution is -2.46. The average molecular weight is 391 g/mol. The molecule has 2 aliphatic heterocycles. The largest absolute Gasteiger partial charge is 0.495 e. The number of para-hydroxylation sites is 2. The fourth-order valence-electron chi connectivity index (χ4n) is 3.71. The summed E-state index contributed by atoms with van der Waals surface area (Å²) in [6.07, 6.45) is 2.23. The van der Waals surface area contributed by atoms with Crippen LogP contribution in [-0.4, -0.2) is 51.5 Å². The molecule has 0 atom stereocenters. The van der Waals surface area contributed by atoms with Crippen LogP contribution in [0.3, 0.4) is 0 Å². The maximum absolute atomic E-state index is 5.50. The quantitative estimate of drug-likeness (QED) is 0.752. The van der Waals surface area contributed by atoms with Crippen LogP contribution in [0.4, 0.5) is 5.69 Å². The molecule has 2 aromatic carbocycles. The Labute approximate surface area is 167 Å². The first-order chi connectivity index (χ1) is 12.8. The van der Waals surface area contributed by atoms with Crippen molar-refractivity contribution in [2.75, 3.05) is 51.5 Å². The minimum absolute atomic E-state index is 0. The molecule has 4 rings (SSSR count). The van der Waals surface area contributed by atoms with E-state index in [2.05, 4.69) is 34.1 Å². The molecule has 0 aliphatic carbocycles. The fraction of sp³-hybridized carbons (Fsp3) is 0.429. The van der Waals surface area contributed by atoms with Crippen molar-refractivity contribution < 1.29 is 14.2 Å². The molecule has 2 heterocycles. The Kier molecular flexibility index (Phi) is 6.69. The highest BCUT2D eigenvalue weighted by Gasteiger charge is 2.19. The van der Waals surface area contributed by atoms with Gasteiger partial charge in [-0.15, -0.1) is 12.4 Å². The van der Waals surface area contributed by atoms with Gasteiger partial charge in [-0.25, -0.2) is 0 Å². The zero-order valence-electron chi connectivity index (χ0n) is 15.7. The second-order valence-electron chi connectivity index (χ2n) is 6.79. The summed E-state index contributed by atoms with van der Waals surface area (Å²) in [5, 5.41) is 0. The highest BCUT2D eigenvalue weighted by atomic mass is 35.5. The average Bonchev–Trinajstić information content (AvgIpc) is 3.16. The zero-order chi connectivity index (χ0) is 17.8. The van der Waals surface area contributed by atoms with Crippen molar-refractivity contribution in [2.24, 2.45) is 0 Å². The van der Waals surface area contributed by atoms with E-state index in [0.717, 1.165) is 62.8 Å². The molecule has 2 aromatic rings. The van der Waals surface area contributed by atoms with Gasteiger partial charge in [-0.3, -0.25) is 4.90 Å². The molecule has 6 heteroatoms. The van der Waals surface area contributed by atoms with Gasteiger partial charge in [0.15, 0.2) is 11.5 Å². The first-order valence-electron chi connectivity index (χ1n) is 9.32. The topological polar surface area (TPSA) is 34.2 Å². The van der Waals surface area contributed by atoms with Gasteiger partial charge in [0.25, 0.3) is 0 Å². The number of piperazine rings is 1. The number of aryl methyl sites for hydroxylation is 1. The lowest BCUT2D eigenvalue weighted by atomic mass is 10.1. The number of fused-ring (bicyclic) bond motifs is 1. The molecule has 0 N–H and O–H groups in total. The van der Waals surface area contributed by atoms with Crippen LogP contribution in [0.2, 0.25) is 0 Å². The maximum Gasteiger partial charge on any atom is 0.231 e. The van der Waals surface area contributed by atoms with Gasteiger partial charge in [0.05, 0.1) is 12.8 Å². The van der Waals surface area contributed by atoms with Gasteiger partial charge in [0.2, 0.25) is 6.79 Å². The molecule has 27 heavy (non-hydrogen) atoms. The van der Waals surface area contributed by atoms with Crippen molar-refractivity contribution in [3.63, 3.8) is 0 Å². The Hall–Kier alpha value is -2.11. The molecule has 146 valence electrons. The molecular formula is C21H27ClN2O3. The zero-order valence-corrected chi connectivity index (χ0v) is 16.5. The van der Waals surface area contributed by atoms with Crippen LogP contribution in [0.25, 0.3) is 0 Å². The van der Waals surface area contributed by atoms with Crippen LogP contribution < -0.4 is 19.1 Å². The van der Waals surface area contributed by atoms with Crippen LogP contribution in [0.5, 0.6) is 17.2 Å². The molecule has 0 aromatic heterocycles. The number of hydrogen-bond donors (Lipinski definition) is 0. The van der Waals surface area contributed by atoms with Crippen molar-refractivity contribution >= 4 is 18.1 Å². The fourth-order valence-corrected chi connectivity index (χ4v) is 3.71. The van der Waals surface area contributed by atoms with E-state index in [-0.39, 0.29) is 12.4 Å².